The lowest BCUT2D eigenvalue weighted by Gasteiger charge is -2.08. The SMILES string of the molecule is Cc1nc(-c2ccc(Cl)cc2)sc1C(=O)NC[C@H]1CCOC1. The maximum Gasteiger partial charge on any atom is 0.263 e. The minimum absolute atomic E-state index is 0.0536. The number of thiazole rings is 1. The number of halogens is 1. The lowest BCUT2D eigenvalue weighted by Crippen LogP contribution is -2.29. The molecule has 4 nitrogen and oxygen atoms in total. The molecule has 3 rings (SSSR count). The van der Waals surface area contributed by atoms with E-state index in [0.717, 1.165) is 35.9 Å². The third kappa shape index (κ3) is 3.48. The van der Waals surface area contributed by atoms with Gasteiger partial charge >= 0.3 is 0 Å². The van der Waals surface area contributed by atoms with Crippen LogP contribution in [-0.2, 0) is 4.74 Å². The van der Waals surface area contributed by atoms with Crippen molar-refractivity contribution in [2.45, 2.75) is 13.3 Å². The van der Waals surface area contributed by atoms with Crippen LogP contribution < -0.4 is 5.32 Å². The molecule has 1 aliphatic rings. The quantitative estimate of drug-likeness (QED) is 0.929. The van der Waals surface area contributed by atoms with Crippen molar-refractivity contribution in [3.8, 4) is 10.6 Å². The molecule has 0 bridgehead atoms. The molecule has 2 aromatic rings. The summed E-state index contributed by atoms with van der Waals surface area (Å²) in [5, 5.41) is 4.51. The maximum atomic E-state index is 12.3. The van der Waals surface area contributed by atoms with E-state index in [-0.39, 0.29) is 5.91 Å². The van der Waals surface area contributed by atoms with Gasteiger partial charge in [0.05, 0.1) is 12.3 Å². The molecule has 1 aromatic carbocycles. The van der Waals surface area contributed by atoms with Gasteiger partial charge in [-0.3, -0.25) is 4.79 Å². The Morgan fingerprint density at radius 3 is 2.91 bits per heavy atom. The first-order chi connectivity index (χ1) is 10.6. The summed E-state index contributed by atoms with van der Waals surface area (Å²) < 4.78 is 5.32. The molecule has 0 aliphatic carbocycles. The fourth-order valence-electron chi connectivity index (χ4n) is 2.38. The second-order valence-electron chi connectivity index (χ2n) is 5.38. The van der Waals surface area contributed by atoms with E-state index in [4.69, 9.17) is 16.3 Å². The summed E-state index contributed by atoms with van der Waals surface area (Å²) in [6, 6.07) is 7.48. The molecule has 0 saturated carbocycles. The molecule has 1 fully saturated rings. The van der Waals surface area contributed by atoms with E-state index in [0.29, 0.717) is 22.4 Å². The Balaban J connectivity index is 1.71. The van der Waals surface area contributed by atoms with Gasteiger partial charge in [-0.2, -0.15) is 0 Å². The summed E-state index contributed by atoms with van der Waals surface area (Å²) in [5.74, 6) is 0.370. The third-order valence-electron chi connectivity index (χ3n) is 3.67. The largest absolute Gasteiger partial charge is 0.381 e. The van der Waals surface area contributed by atoms with E-state index in [1.54, 1.807) is 0 Å². The molecule has 1 saturated heterocycles. The normalized spacial score (nSPS) is 17.6. The second-order valence-corrected chi connectivity index (χ2v) is 6.82. The lowest BCUT2D eigenvalue weighted by molar-refractivity contribution is 0.0948. The number of carbonyl (C=O) groups is 1. The van der Waals surface area contributed by atoms with Crippen molar-refractivity contribution in [3.05, 3.63) is 39.9 Å². The average Bonchev–Trinajstić information content (AvgIpc) is 3.15. The van der Waals surface area contributed by atoms with Gasteiger partial charge in [-0.05, 0) is 25.5 Å². The molecule has 0 spiro atoms. The molecule has 2 heterocycles. The minimum atomic E-state index is -0.0536. The summed E-state index contributed by atoms with van der Waals surface area (Å²) in [5.41, 5.74) is 1.73. The van der Waals surface area contributed by atoms with E-state index in [9.17, 15) is 4.79 Å². The van der Waals surface area contributed by atoms with E-state index >= 15 is 0 Å². The van der Waals surface area contributed by atoms with Gasteiger partial charge in [-0.15, -0.1) is 11.3 Å². The highest BCUT2D eigenvalue weighted by Gasteiger charge is 2.19. The Hall–Kier alpha value is -1.43. The van der Waals surface area contributed by atoms with Crippen molar-refractivity contribution in [3.63, 3.8) is 0 Å². The van der Waals surface area contributed by atoms with Crippen LogP contribution in [0.1, 0.15) is 21.8 Å². The Morgan fingerprint density at radius 1 is 1.45 bits per heavy atom. The molecule has 0 unspecified atom stereocenters. The van der Waals surface area contributed by atoms with E-state index in [1.165, 1.54) is 11.3 Å². The molecule has 1 aromatic heterocycles. The summed E-state index contributed by atoms with van der Waals surface area (Å²) >= 11 is 7.31. The van der Waals surface area contributed by atoms with E-state index < -0.39 is 0 Å². The monoisotopic (exact) mass is 336 g/mol. The molecule has 1 amide bonds. The van der Waals surface area contributed by atoms with Crippen molar-refractivity contribution < 1.29 is 9.53 Å². The average molecular weight is 337 g/mol. The summed E-state index contributed by atoms with van der Waals surface area (Å²) in [7, 11) is 0. The fourth-order valence-corrected chi connectivity index (χ4v) is 3.50. The third-order valence-corrected chi connectivity index (χ3v) is 5.13. The highest BCUT2D eigenvalue weighted by Crippen LogP contribution is 2.28. The van der Waals surface area contributed by atoms with Gasteiger partial charge in [-0.25, -0.2) is 4.98 Å². The number of rotatable bonds is 4. The number of ether oxygens (including phenoxy) is 1. The number of nitrogens with one attached hydrogen (secondary N) is 1. The van der Waals surface area contributed by atoms with Crippen molar-refractivity contribution in [1.82, 2.24) is 10.3 Å². The van der Waals surface area contributed by atoms with Crippen LogP contribution in [0, 0.1) is 12.8 Å². The van der Waals surface area contributed by atoms with Crippen LogP contribution in [0.15, 0.2) is 24.3 Å². The number of benzene rings is 1. The van der Waals surface area contributed by atoms with Gasteiger partial charge in [0.2, 0.25) is 0 Å². The Kier molecular flexibility index (Phi) is 4.76. The van der Waals surface area contributed by atoms with E-state index in [1.807, 2.05) is 31.2 Å². The van der Waals surface area contributed by atoms with E-state index in [2.05, 4.69) is 10.3 Å². The summed E-state index contributed by atoms with van der Waals surface area (Å²) in [4.78, 5) is 17.5. The smallest absolute Gasteiger partial charge is 0.263 e. The Labute approximate surface area is 138 Å². The second kappa shape index (κ2) is 6.77. The first-order valence-corrected chi connectivity index (χ1v) is 8.42. The molecule has 116 valence electrons. The number of aryl methyl sites for hydroxylation is 1. The van der Waals surface area contributed by atoms with Gasteiger partial charge in [0, 0.05) is 29.7 Å². The molecule has 22 heavy (non-hydrogen) atoms. The van der Waals surface area contributed by atoms with Crippen LogP contribution >= 0.6 is 22.9 Å². The molecular weight excluding hydrogens is 320 g/mol. The van der Waals surface area contributed by atoms with Crippen LogP contribution in [0.4, 0.5) is 0 Å². The van der Waals surface area contributed by atoms with Gasteiger partial charge in [-0.1, -0.05) is 23.7 Å². The molecule has 6 heteroatoms. The van der Waals surface area contributed by atoms with Gasteiger partial charge in [0.1, 0.15) is 9.88 Å². The number of aromatic nitrogens is 1. The predicted molar refractivity (Wildman–Crippen MR) is 88.6 cm³/mol. The van der Waals surface area contributed by atoms with Gasteiger partial charge in [0.15, 0.2) is 0 Å². The Morgan fingerprint density at radius 2 is 2.23 bits per heavy atom. The number of amides is 1. The number of hydrogen-bond donors (Lipinski definition) is 1. The van der Waals surface area contributed by atoms with Crippen LogP contribution in [0.5, 0.6) is 0 Å². The molecule has 0 radical (unpaired) electrons. The molecular formula is C16H17ClN2O2S. The zero-order valence-corrected chi connectivity index (χ0v) is 13.8. The number of carbonyl (C=O) groups excluding carboxylic acids is 1. The maximum absolute atomic E-state index is 12.3. The molecule has 1 aliphatic heterocycles. The zero-order chi connectivity index (χ0) is 15.5. The van der Waals surface area contributed by atoms with Gasteiger partial charge in [0.25, 0.3) is 5.91 Å². The van der Waals surface area contributed by atoms with Crippen LogP contribution in [-0.4, -0.2) is 30.6 Å². The standard InChI is InChI=1S/C16H17ClN2O2S/c1-10-14(15(20)18-8-11-6-7-21-9-11)22-16(19-10)12-2-4-13(17)5-3-12/h2-5,11H,6-9H2,1H3,(H,18,20)/t11-/m1/s1. The van der Waals surface area contributed by atoms with Crippen LogP contribution in [0.25, 0.3) is 10.6 Å². The molecule has 1 N–H and O–H groups in total. The first-order valence-electron chi connectivity index (χ1n) is 7.23. The first kappa shape index (κ1) is 15.5. The number of hydrogen-bond acceptors (Lipinski definition) is 4. The fraction of sp³-hybridized carbons (Fsp3) is 0.375. The molecule has 1 atom stereocenters. The van der Waals surface area contributed by atoms with Crippen molar-refractivity contribution in [2.75, 3.05) is 19.8 Å². The minimum Gasteiger partial charge on any atom is -0.381 e. The summed E-state index contributed by atoms with van der Waals surface area (Å²) in [6.07, 6.45) is 1.01. The number of nitrogens with zero attached hydrogens (tertiary/aromatic N) is 1. The topological polar surface area (TPSA) is 51.2 Å². The van der Waals surface area contributed by atoms with Crippen molar-refractivity contribution >= 4 is 28.8 Å². The van der Waals surface area contributed by atoms with Crippen molar-refractivity contribution in [1.29, 1.82) is 0 Å². The lowest BCUT2D eigenvalue weighted by atomic mass is 10.1. The highest BCUT2D eigenvalue weighted by molar-refractivity contribution is 7.17. The van der Waals surface area contributed by atoms with Crippen LogP contribution in [0.2, 0.25) is 5.02 Å². The Bertz CT molecular complexity index is 663. The van der Waals surface area contributed by atoms with Gasteiger partial charge < -0.3 is 10.1 Å². The predicted octanol–water partition coefficient (Wildman–Crippen LogP) is 3.54. The zero-order valence-electron chi connectivity index (χ0n) is 12.3. The van der Waals surface area contributed by atoms with Crippen LogP contribution in [0.3, 0.4) is 0 Å². The highest BCUT2D eigenvalue weighted by atomic mass is 35.5. The summed E-state index contributed by atoms with van der Waals surface area (Å²) in [6.45, 7) is 4.05. The van der Waals surface area contributed by atoms with Crippen molar-refractivity contribution in [2.24, 2.45) is 5.92 Å².